The van der Waals surface area contributed by atoms with Crippen LogP contribution < -0.4 is 5.56 Å². The fourth-order valence-corrected chi connectivity index (χ4v) is 4.23. The van der Waals surface area contributed by atoms with Gasteiger partial charge in [0, 0.05) is 41.6 Å². The number of aromatic nitrogens is 2. The second-order valence-corrected chi connectivity index (χ2v) is 7.91. The Labute approximate surface area is 169 Å². The molecular formula is C20H17ClFN3O2S. The lowest BCUT2D eigenvalue weighted by atomic mass is 9.95. The summed E-state index contributed by atoms with van der Waals surface area (Å²) < 4.78 is 13.3. The summed E-state index contributed by atoms with van der Waals surface area (Å²) >= 11 is 7.34. The molecule has 1 saturated heterocycles. The highest BCUT2D eigenvalue weighted by molar-refractivity contribution is 7.08. The molecule has 1 N–H and O–H groups in total. The van der Waals surface area contributed by atoms with Crippen molar-refractivity contribution in [3.05, 3.63) is 73.7 Å². The van der Waals surface area contributed by atoms with Crippen molar-refractivity contribution < 1.29 is 9.18 Å². The monoisotopic (exact) mass is 417 g/mol. The molecule has 3 aromatic rings. The molecule has 0 radical (unpaired) electrons. The highest BCUT2D eigenvalue weighted by Crippen LogP contribution is 2.28. The van der Waals surface area contributed by atoms with Crippen LogP contribution in [0, 0.1) is 5.82 Å². The Balaban J connectivity index is 1.48. The largest absolute Gasteiger partial charge is 0.339 e. The number of piperidine rings is 1. The van der Waals surface area contributed by atoms with Crippen LogP contribution in [0.2, 0.25) is 5.02 Å². The molecule has 1 aliphatic rings. The molecule has 0 spiro atoms. The van der Waals surface area contributed by atoms with Crippen molar-refractivity contribution in [1.29, 1.82) is 0 Å². The Morgan fingerprint density at radius 3 is 2.71 bits per heavy atom. The Bertz CT molecular complexity index is 1060. The van der Waals surface area contributed by atoms with Crippen molar-refractivity contribution in [3.8, 4) is 11.3 Å². The Morgan fingerprint density at radius 1 is 1.25 bits per heavy atom. The molecule has 0 saturated carbocycles. The maximum absolute atomic E-state index is 13.3. The minimum atomic E-state index is -0.544. The summed E-state index contributed by atoms with van der Waals surface area (Å²) in [6.07, 6.45) is 1.38. The van der Waals surface area contributed by atoms with Gasteiger partial charge in [-0.2, -0.15) is 11.3 Å². The van der Waals surface area contributed by atoms with Gasteiger partial charge in [-0.15, -0.1) is 0 Å². The van der Waals surface area contributed by atoms with Gasteiger partial charge < -0.3 is 9.88 Å². The van der Waals surface area contributed by atoms with Crippen molar-refractivity contribution in [2.45, 2.75) is 18.8 Å². The molecule has 1 aromatic carbocycles. The van der Waals surface area contributed by atoms with Crippen LogP contribution in [0.3, 0.4) is 0 Å². The number of aromatic amines is 1. The van der Waals surface area contributed by atoms with Crippen molar-refractivity contribution >= 4 is 28.8 Å². The minimum absolute atomic E-state index is 0.0623. The Hall–Kier alpha value is -2.51. The molecule has 2 aromatic heterocycles. The van der Waals surface area contributed by atoms with Crippen LogP contribution in [0.1, 0.15) is 34.9 Å². The van der Waals surface area contributed by atoms with Crippen molar-refractivity contribution in [1.82, 2.24) is 14.9 Å². The van der Waals surface area contributed by atoms with E-state index >= 15 is 0 Å². The topological polar surface area (TPSA) is 66.1 Å². The van der Waals surface area contributed by atoms with Crippen LogP contribution >= 0.6 is 22.9 Å². The SMILES string of the molecule is O=C(c1ccc(F)c(Cl)c1)N1CCC(c2nc(-c3ccsc3)cc(=O)[nH]2)CC1. The second kappa shape index (κ2) is 7.85. The van der Waals surface area contributed by atoms with Crippen molar-refractivity contribution in [3.63, 3.8) is 0 Å². The van der Waals surface area contributed by atoms with E-state index in [1.54, 1.807) is 16.2 Å². The highest BCUT2D eigenvalue weighted by Gasteiger charge is 2.26. The zero-order valence-corrected chi connectivity index (χ0v) is 16.4. The molecule has 1 fully saturated rings. The summed E-state index contributed by atoms with van der Waals surface area (Å²) in [5.41, 5.74) is 1.79. The van der Waals surface area contributed by atoms with Gasteiger partial charge in [0.1, 0.15) is 11.6 Å². The number of benzene rings is 1. The van der Waals surface area contributed by atoms with E-state index in [0.29, 0.717) is 43.0 Å². The average Bonchev–Trinajstić information content (AvgIpc) is 3.24. The fraction of sp³-hybridized carbons (Fsp3) is 0.250. The second-order valence-electron chi connectivity index (χ2n) is 6.72. The average molecular weight is 418 g/mol. The molecule has 144 valence electrons. The number of carbonyl (C=O) groups is 1. The lowest BCUT2D eigenvalue weighted by Crippen LogP contribution is -2.38. The van der Waals surface area contributed by atoms with E-state index in [0.717, 1.165) is 5.56 Å². The van der Waals surface area contributed by atoms with Crippen molar-refractivity contribution in [2.75, 3.05) is 13.1 Å². The number of carbonyl (C=O) groups excluding carboxylic acids is 1. The fourth-order valence-electron chi connectivity index (χ4n) is 3.40. The van der Waals surface area contributed by atoms with Crippen LogP contribution in [0.4, 0.5) is 4.39 Å². The maximum atomic E-state index is 13.3. The molecular weight excluding hydrogens is 401 g/mol. The first-order valence-corrected chi connectivity index (χ1v) is 10.2. The van der Waals surface area contributed by atoms with Crippen LogP contribution in [0.25, 0.3) is 11.3 Å². The van der Waals surface area contributed by atoms with E-state index in [1.807, 2.05) is 16.8 Å². The molecule has 8 heteroatoms. The van der Waals surface area contributed by atoms with E-state index in [-0.39, 0.29) is 22.4 Å². The standard InChI is InChI=1S/C20H17ClFN3O2S/c21-15-9-13(1-2-16(15)22)20(27)25-6-3-12(4-7-25)19-23-17(10-18(26)24-19)14-5-8-28-11-14/h1-2,5,8-12H,3-4,6-7H2,(H,23,24,26). The van der Waals surface area contributed by atoms with E-state index in [4.69, 9.17) is 11.6 Å². The number of halogens is 2. The molecule has 5 nitrogen and oxygen atoms in total. The number of hydrogen-bond acceptors (Lipinski definition) is 4. The lowest BCUT2D eigenvalue weighted by Gasteiger charge is -2.31. The predicted molar refractivity (Wildman–Crippen MR) is 107 cm³/mol. The van der Waals surface area contributed by atoms with Crippen LogP contribution in [0.5, 0.6) is 0 Å². The zero-order valence-electron chi connectivity index (χ0n) is 14.8. The summed E-state index contributed by atoms with van der Waals surface area (Å²) in [5, 5.41) is 3.84. The summed E-state index contributed by atoms with van der Waals surface area (Å²) in [7, 11) is 0. The zero-order chi connectivity index (χ0) is 19.7. The Morgan fingerprint density at radius 2 is 2.04 bits per heavy atom. The van der Waals surface area contributed by atoms with E-state index < -0.39 is 5.82 Å². The van der Waals surface area contributed by atoms with Crippen LogP contribution in [-0.2, 0) is 0 Å². The molecule has 28 heavy (non-hydrogen) atoms. The van der Waals surface area contributed by atoms with Gasteiger partial charge >= 0.3 is 0 Å². The van der Waals surface area contributed by atoms with Gasteiger partial charge in [-0.05, 0) is 42.5 Å². The number of likely N-dealkylation sites (tertiary alicyclic amines) is 1. The molecule has 3 heterocycles. The summed E-state index contributed by atoms with van der Waals surface area (Å²) in [4.78, 5) is 33.9. The van der Waals surface area contributed by atoms with Crippen LogP contribution in [-0.4, -0.2) is 33.9 Å². The number of nitrogens with zero attached hydrogens (tertiary/aromatic N) is 2. The van der Waals surface area contributed by atoms with E-state index in [1.165, 1.54) is 24.3 Å². The van der Waals surface area contributed by atoms with Crippen molar-refractivity contribution in [2.24, 2.45) is 0 Å². The smallest absolute Gasteiger partial charge is 0.253 e. The number of H-pyrrole nitrogens is 1. The third kappa shape index (κ3) is 3.86. The third-order valence-corrected chi connectivity index (χ3v) is 5.89. The first-order valence-electron chi connectivity index (χ1n) is 8.89. The van der Waals surface area contributed by atoms with E-state index in [2.05, 4.69) is 9.97 Å². The summed E-state index contributed by atoms with van der Waals surface area (Å²) in [6, 6.07) is 7.44. The van der Waals surface area contributed by atoms with Crippen LogP contribution in [0.15, 0.2) is 45.9 Å². The first-order chi connectivity index (χ1) is 13.5. The van der Waals surface area contributed by atoms with Gasteiger partial charge in [0.15, 0.2) is 0 Å². The number of rotatable bonds is 3. The van der Waals surface area contributed by atoms with Gasteiger partial charge in [-0.25, -0.2) is 9.37 Å². The molecule has 1 aliphatic heterocycles. The highest BCUT2D eigenvalue weighted by atomic mass is 35.5. The van der Waals surface area contributed by atoms with Gasteiger partial charge in [-0.3, -0.25) is 9.59 Å². The molecule has 0 unspecified atom stereocenters. The Kier molecular flexibility index (Phi) is 5.28. The number of hydrogen-bond donors (Lipinski definition) is 1. The molecule has 0 aliphatic carbocycles. The molecule has 0 atom stereocenters. The number of thiophene rings is 1. The molecule has 1 amide bonds. The van der Waals surface area contributed by atoms with Gasteiger partial charge in [0.25, 0.3) is 11.5 Å². The predicted octanol–water partition coefficient (Wildman–Crippen LogP) is 4.31. The minimum Gasteiger partial charge on any atom is -0.339 e. The maximum Gasteiger partial charge on any atom is 0.253 e. The third-order valence-electron chi connectivity index (χ3n) is 4.91. The summed E-state index contributed by atoms with van der Waals surface area (Å²) in [5.74, 6) is 0.0176. The number of amides is 1. The normalized spacial score (nSPS) is 15.0. The molecule has 4 rings (SSSR count). The van der Waals surface area contributed by atoms with Gasteiger partial charge in [0.05, 0.1) is 10.7 Å². The lowest BCUT2D eigenvalue weighted by molar-refractivity contribution is 0.0711. The molecule has 0 bridgehead atoms. The number of nitrogens with one attached hydrogen (secondary N) is 1. The van der Waals surface area contributed by atoms with E-state index in [9.17, 15) is 14.0 Å². The van der Waals surface area contributed by atoms with Gasteiger partial charge in [-0.1, -0.05) is 11.6 Å². The quantitative estimate of drug-likeness (QED) is 0.690. The first kappa shape index (κ1) is 18.8. The summed E-state index contributed by atoms with van der Waals surface area (Å²) in [6.45, 7) is 1.07. The van der Waals surface area contributed by atoms with Gasteiger partial charge in [0.2, 0.25) is 0 Å².